The highest BCUT2D eigenvalue weighted by molar-refractivity contribution is 6.00. The van der Waals surface area contributed by atoms with Gasteiger partial charge in [0.05, 0.1) is 0 Å². The summed E-state index contributed by atoms with van der Waals surface area (Å²) in [5.74, 6) is -0.998. The van der Waals surface area contributed by atoms with Gasteiger partial charge in [0.15, 0.2) is 0 Å². The Labute approximate surface area is 165 Å². The van der Waals surface area contributed by atoms with Gasteiger partial charge in [-0.15, -0.1) is 0 Å². The van der Waals surface area contributed by atoms with E-state index in [-0.39, 0.29) is 11.8 Å². The standard InChI is InChI=1S/C22H27N3O3/c1-14(2)13-19(23-20(26)17-11-7-5-9-15(17)3)22(28)25-24-21(27)18-12-8-6-10-16(18)4/h5-12,14,19H,13H2,1-4H3,(H,23,26)(H,24,27)(H,25,28). The van der Waals surface area contributed by atoms with Gasteiger partial charge >= 0.3 is 0 Å². The molecule has 6 heteroatoms. The van der Waals surface area contributed by atoms with Gasteiger partial charge in [-0.05, 0) is 49.4 Å². The zero-order chi connectivity index (χ0) is 20.7. The van der Waals surface area contributed by atoms with Gasteiger partial charge in [0, 0.05) is 11.1 Å². The fraction of sp³-hybridized carbons (Fsp3) is 0.318. The van der Waals surface area contributed by atoms with Gasteiger partial charge in [-0.3, -0.25) is 25.2 Å². The molecule has 3 amide bonds. The lowest BCUT2D eigenvalue weighted by molar-refractivity contribution is -0.124. The number of amides is 3. The molecule has 1 atom stereocenters. The number of hydrogen-bond acceptors (Lipinski definition) is 3. The van der Waals surface area contributed by atoms with E-state index < -0.39 is 17.9 Å². The van der Waals surface area contributed by atoms with Crippen LogP contribution in [0.1, 0.15) is 52.1 Å². The van der Waals surface area contributed by atoms with Crippen molar-refractivity contribution in [3.8, 4) is 0 Å². The van der Waals surface area contributed by atoms with Gasteiger partial charge in [0.25, 0.3) is 17.7 Å². The topological polar surface area (TPSA) is 87.3 Å². The van der Waals surface area contributed by atoms with E-state index in [1.807, 2.05) is 52.0 Å². The molecular weight excluding hydrogens is 354 g/mol. The third kappa shape index (κ3) is 5.67. The first-order valence-electron chi connectivity index (χ1n) is 9.32. The maximum absolute atomic E-state index is 12.6. The number of hydrogen-bond donors (Lipinski definition) is 3. The van der Waals surface area contributed by atoms with Crippen LogP contribution in [-0.4, -0.2) is 23.8 Å². The third-order valence-electron chi connectivity index (χ3n) is 4.41. The van der Waals surface area contributed by atoms with Crippen LogP contribution in [0.2, 0.25) is 0 Å². The van der Waals surface area contributed by atoms with E-state index in [1.165, 1.54) is 0 Å². The summed E-state index contributed by atoms with van der Waals surface area (Å²) in [6.45, 7) is 7.59. The van der Waals surface area contributed by atoms with Gasteiger partial charge in [-0.2, -0.15) is 0 Å². The molecule has 2 aromatic carbocycles. The molecular formula is C22H27N3O3. The van der Waals surface area contributed by atoms with Crippen molar-refractivity contribution in [1.82, 2.24) is 16.2 Å². The molecule has 3 N–H and O–H groups in total. The Kier molecular flexibility index (Phi) is 7.32. The van der Waals surface area contributed by atoms with Crippen LogP contribution in [0.4, 0.5) is 0 Å². The zero-order valence-electron chi connectivity index (χ0n) is 16.7. The monoisotopic (exact) mass is 381 g/mol. The molecule has 6 nitrogen and oxygen atoms in total. The van der Waals surface area contributed by atoms with E-state index in [4.69, 9.17) is 0 Å². The van der Waals surface area contributed by atoms with Crippen molar-refractivity contribution in [2.24, 2.45) is 5.92 Å². The summed E-state index contributed by atoms with van der Waals surface area (Å²) in [7, 11) is 0. The highest BCUT2D eigenvalue weighted by Gasteiger charge is 2.23. The van der Waals surface area contributed by atoms with Gasteiger partial charge in [-0.25, -0.2) is 0 Å². The van der Waals surface area contributed by atoms with Crippen molar-refractivity contribution in [3.05, 3.63) is 70.8 Å². The molecule has 0 radical (unpaired) electrons. The van der Waals surface area contributed by atoms with Crippen LogP contribution in [0.5, 0.6) is 0 Å². The minimum Gasteiger partial charge on any atom is -0.340 e. The minimum atomic E-state index is -0.760. The minimum absolute atomic E-state index is 0.181. The second kappa shape index (κ2) is 9.69. The molecule has 0 fully saturated rings. The summed E-state index contributed by atoms with van der Waals surface area (Å²) in [5, 5.41) is 2.78. The lowest BCUT2D eigenvalue weighted by Crippen LogP contribution is -2.52. The first kappa shape index (κ1) is 21.2. The quantitative estimate of drug-likeness (QED) is 0.673. The maximum atomic E-state index is 12.6. The Bertz CT molecular complexity index is 862. The number of carbonyl (C=O) groups is 3. The molecule has 0 aromatic heterocycles. The van der Waals surface area contributed by atoms with Crippen LogP contribution in [0, 0.1) is 19.8 Å². The van der Waals surface area contributed by atoms with Gasteiger partial charge < -0.3 is 5.32 Å². The molecule has 0 saturated carbocycles. The van der Waals surface area contributed by atoms with E-state index in [2.05, 4.69) is 16.2 Å². The normalized spacial score (nSPS) is 11.6. The second-order valence-corrected chi connectivity index (χ2v) is 7.23. The van der Waals surface area contributed by atoms with Crippen LogP contribution in [0.15, 0.2) is 48.5 Å². The van der Waals surface area contributed by atoms with Crippen LogP contribution < -0.4 is 16.2 Å². The summed E-state index contributed by atoms with van der Waals surface area (Å²) in [4.78, 5) is 37.5. The van der Waals surface area contributed by atoms with E-state index >= 15 is 0 Å². The number of hydrazine groups is 1. The van der Waals surface area contributed by atoms with Crippen molar-refractivity contribution in [3.63, 3.8) is 0 Å². The molecule has 2 rings (SSSR count). The van der Waals surface area contributed by atoms with Crippen molar-refractivity contribution in [2.75, 3.05) is 0 Å². The van der Waals surface area contributed by atoms with Crippen LogP contribution in [0.25, 0.3) is 0 Å². The summed E-state index contributed by atoms with van der Waals surface area (Å²) in [6, 6.07) is 13.5. The Balaban J connectivity index is 2.04. The summed E-state index contributed by atoms with van der Waals surface area (Å²) in [6.07, 6.45) is 0.448. The van der Waals surface area contributed by atoms with Gasteiger partial charge in [0.1, 0.15) is 6.04 Å². The number of carbonyl (C=O) groups excluding carboxylic acids is 3. The van der Waals surface area contributed by atoms with Crippen molar-refractivity contribution >= 4 is 17.7 Å². The Morgan fingerprint density at radius 1 is 0.786 bits per heavy atom. The van der Waals surface area contributed by atoms with Crippen LogP contribution in [-0.2, 0) is 4.79 Å². The predicted molar refractivity (Wildman–Crippen MR) is 109 cm³/mol. The largest absolute Gasteiger partial charge is 0.340 e. The highest BCUT2D eigenvalue weighted by atomic mass is 16.2. The fourth-order valence-corrected chi connectivity index (χ4v) is 2.87. The second-order valence-electron chi connectivity index (χ2n) is 7.23. The number of benzene rings is 2. The van der Waals surface area contributed by atoms with Gasteiger partial charge in [0.2, 0.25) is 0 Å². The molecule has 28 heavy (non-hydrogen) atoms. The average Bonchev–Trinajstić information content (AvgIpc) is 2.65. The summed E-state index contributed by atoms with van der Waals surface area (Å²) in [5.41, 5.74) is 7.50. The summed E-state index contributed by atoms with van der Waals surface area (Å²) >= 11 is 0. The Hall–Kier alpha value is -3.15. The van der Waals surface area contributed by atoms with E-state index in [0.717, 1.165) is 11.1 Å². The average molecular weight is 381 g/mol. The molecule has 0 aliphatic carbocycles. The Morgan fingerprint density at radius 3 is 1.79 bits per heavy atom. The first-order valence-corrected chi connectivity index (χ1v) is 9.32. The summed E-state index contributed by atoms with van der Waals surface area (Å²) < 4.78 is 0. The zero-order valence-corrected chi connectivity index (χ0v) is 16.7. The molecule has 0 aliphatic rings. The molecule has 1 unspecified atom stereocenters. The Morgan fingerprint density at radius 2 is 1.29 bits per heavy atom. The molecule has 148 valence electrons. The van der Waals surface area contributed by atoms with Crippen LogP contribution in [0.3, 0.4) is 0 Å². The number of aryl methyl sites for hydroxylation is 2. The fourth-order valence-electron chi connectivity index (χ4n) is 2.87. The molecule has 2 aromatic rings. The SMILES string of the molecule is Cc1ccccc1C(=O)NNC(=O)C(CC(C)C)NC(=O)c1ccccc1C. The van der Waals surface area contributed by atoms with Crippen molar-refractivity contribution < 1.29 is 14.4 Å². The smallest absolute Gasteiger partial charge is 0.269 e. The third-order valence-corrected chi connectivity index (χ3v) is 4.41. The van der Waals surface area contributed by atoms with E-state index in [0.29, 0.717) is 17.5 Å². The number of rotatable bonds is 6. The first-order chi connectivity index (χ1) is 13.3. The van der Waals surface area contributed by atoms with E-state index in [1.54, 1.807) is 24.3 Å². The van der Waals surface area contributed by atoms with E-state index in [9.17, 15) is 14.4 Å². The highest BCUT2D eigenvalue weighted by Crippen LogP contribution is 2.10. The van der Waals surface area contributed by atoms with Gasteiger partial charge in [-0.1, -0.05) is 50.2 Å². The molecule has 0 saturated heterocycles. The maximum Gasteiger partial charge on any atom is 0.269 e. The number of nitrogens with one attached hydrogen (secondary N) is 3. The molecule has 0 bridgehead atoms. The molecule has 0 aliphatic heterocycles. The molecule has 0 spiro atoms. The lowest BCUT2D eigenvalue weighted by atomic mass is 10.0. The molecule has 0 heterocycles. The predicted octanol–water partition coefficient (Wildman–Crippen LogP) is 2.91. The van der Waals surface area contributed by atoms with Crippen LogP contribution >= 0.6 is 0 Å². The van der Waals surface area contributed by atoms with Crippen molar-refractivity contribution in [2.45, 2.75) is 40.2 Å². The van der Waals surface area contributed by atoms with Crippen molar-refractivity contribution in [1.29, 1.82) is 0 Å². The lowest BCUT2D eigenvalue weighted by Gasteiger charge is -2.21.